The molecule has 0 heterocycles. The molecule has 2 atom stereocenters. The Morgan fingerprint density at radius 2 is 0.565 bits per heavy atom. The predicted octanol–water partition coefficient (Wildman–Crippen LogP) is 18.6. The van der Waals surface area contributed by atoms with Crippen molar-refractivity contribution in [2.24, 2.45) is 101 Å². The van der Waals surface area contributed by atoms with Gasteiger partial charge in [-0.05, 0) is 405 Å². The number of aliphatic hydroxyl groups is 1. The van der Waals surface area contributed by atoms with Crippen LogP contribution in [0.4, 0.5) is 0 Å². The summed E-state index contributed by atoms with van der Waals surface area (Å²) >= 11 is 5.67. The zero-order valence-corrected chi connectivity index (χ0v) is 78.7. The summed E-state index contributed by atoms with van der Waals surface area (Å²) in [6, 6.07) is 54.2. The molecule has 2 unspecified atom stereocenters. The van der Waals surface area contributed by atoms with Crippen molar-refractivity contribution in [2.75, 3.05) is 26.4 Å². The summed E-state index contributed by atoms with van der Waals surface area (Å²) in [5, 5.41) is 57.0. The van der Waals surface area contributed by atoms with Crippen molar-refractivity contribution in [1.82, 2.24) is 0 Å². The molecule has 16 aliphatic carbocycles. The van der Waals surface area contributed by atoms with E-state index in [4.69, 9.17) is 59.7 Å². The molecular formula is C108H126BClNaO20. The maximum absolute atomic E-state index is 12.5. The summed E-state index contributed by atoms with van der Waals surface area (Å²) < 4.78 is 51.9. The minimum Gasteiger partial charge on any atom is -1.00 e. The number of alkyl halides is 1. The zero-order valence-electron chi connectivity index (χ0n) is 77.0. The molecule has 6 N–H and O–H groups in total. The number of aliphatic hydroxyl groups excluding tert-OH is 1. The van der Waals surface area contributed by atoms with Gasteiger partial charge < -0.3 is 74.7 Å². The minimum atomic E-state index is -0.723. The van der Waals surface area contributed by atoms with Gasteiger partial charge in [-0.1, -0.05) is 87.1 Å². The molecule has 16 fully saturated rings. The first-order chi connectivity index (χ1) is 62.2. The summed E-state index contributed by atoms with van der Waals surface area (Å²) in [4.78, 5) is 58.1. The fraction of sp³-hybridized carbons (Fsp3) is 0.472. The summed E-state index contributed by atoms with van der Waals surface area (Å²) in [6.45, 7) is 14.3. The number of phenolic OH excluding ortho intramolecular Hbond substituents is 5. The number of benzene rings is 8. The molecule has 23 heteroatoms. The number of halogens is 1. The molecule has 0 aromatic heterocycles. The molecule has 131 heavy (non-hydrogen) atoms. The molecule has 24 rings (SSSR count). The second kappa shape index (κ2) is 46.1. The molecule has 8 aromatic carbocycles. The quantitative estimate of drug-likeness (QED) is 0.00558. The smallest absolute Gasteiger partial charge is 1.00 e. The Morgan fingerprint density at radius 1 is 0.344 bits per heavy atom. The molecule has 16 bridgehead atoms. The molecule has 689 valence electrons. The van der Waals surface area contributed by atoms with Gasteiger partial charge in [-0.25, -0.2) is 9.59 Å². The summed E-state index contributed by atoms with van der Waals surface area (Å²) in [5.41, 5.74) is 5.84. The van der Waals surface area contributed by atoms with Crippen molar-refractivity contribution in [1.29, 1.82) is 0 Å². The van der Waals surface area contributed by atoms with E-state index in [0.29, 0.717) is 82.7 Å². The first kappa shape index (κ1) is 99.2. The van der Waals surface area contributed by atoms with E-state index in [1.54, 1.807) is 118 Å². The fourth-order valence-corrected chi connectivity index (χ4v) is 24.0. The first-order valence-electron chi connectivity index (χ1n) is 46.5. The number of esters is 3. The second-order valence-corrected chi connectivity index (χ2v) is 39.1. The number of aromatic hydroxyl groups is 5. The van der Waals surface area contributed by atoms with E-state index in [2.05, 4.69) is 17.9 Å². The van der Waals surface area contributed by atoms with Crippen molar-refractivity contribution in [3.8, 4) is 46.0 Å². The molecule has 0 aliphatic heterocycles. The standard InChI is InChI=1S/C28H32O5.C24H28O4.C24H26O4.C13H10O3.C11H17ClO.C8H12O3.B.Na.H/c1-17(2)28(30)33-27(20-3-7-24(29)8-4-20)21-5-9-25(10-6-21)31-16-32-26-22-12-18-11-19(14-22)15-23(26)13-18;2*25-21-5-1-17(2-6-21)23(26)18-3-7-22(8-4-18)27-14-28-24-19-10-15-9-16(12-19)13-20(24)11-15;14-11-5-1-9(2-6-11)13(16)10-3-7-12(15)8-4-10;12-6-13-11-9-2-7-1-8(4-9)5-10(11)3-7;1-5(2)7(9)11-8(10)6(3)4;;;/h3-10,18-19,22-23,26-27,29H,1,11-16H2,2H3;1-8,15-16,19-20,23-26H,9-14H2;1-8,15-16,19-20,24-25H,9-14H2;1-8,14-15H;7-11H,1-6H2;6H,1H2,2-4H3;;;/q;;;;;;;+1;-1. The average Bonchev–Trinajstić information content (AvgIpc) is 0.773. The van der Waals surface area contributed by atoms with E-state index in [1.807, 2.05) is 60.7 Å². The molecule has 0 spiro atoms. The van der Waals surface area contributed by atoms with Crippen LogP contribution < -0.4 is 43.8 Å². The largest absolute Gasteiger partial charge is 1.00 e. The number of phenols is 5. The number of rotatable bonds is 26. The fourth-order valence-electron chi connectivity index (χ4n) is 23.9. The van der Waals surface area contributed by atoms with Crippen molar-refractivity contribution >= 4 is 49.5 Å². The van der Waals surface area contributed by atoms with Crippen LogP contribution in [-0.4, -0.2) is 119 Å². The average molecular weight is 1810 g/mol. The van der Waals surface area contributed by atoms with Gasteiger partial charge in [-0.3, -0.25) is 14.4 Å². The molecule has 3 radical (unpaired) electrons. The van der Waals surface area contributed by atoms with E-state index < -0.39 is 30.1 Å². The van der Waals surface area contributed by atoms with E-state index in [0.717, 1.165) is 117 Å². The maximum atomic E-state index is 12.5. The van der Waals surface area contributed by atoms with Crippen LogP contribution in [0, 0.1) is 101 Å². The van der Waals surface area contributed by atoms with Crippen molar-refractivity contribution in [2.45, 2.75) is 193 Å². The molecule has 0 saturated heterocycles. The monoisotopic (exact) mass is 1810 g/mol. The predicted molar refractivity (Wildman–Crippen MR) is 496 cm³/mol. The van der Waals surface area contributed by atoms with Gasteiger partial charge in [0.15, 0.2) is 38.0 Å². The van der Waals surface area contributed by atoms with Crippen LogP contribution >= 0.6 is 11.6 Å². The molecular weight excluding hydrogens is 1690 g/mol. The van der Waals surface area contributed by atoms with Gasteiger partial charge in [0.2, 0.25) is 0 Å². The maximum Gasteiger partial charge on any atom is 1.00 e. The van der Waals surface area contributed by atoms with Gasteiger partial charge in [-0.15, -0.1) is 0 Å². The summed E-state index contributed by atoms with van der Waals surface area (Å²) in [6.07, 6.45) is 27.9. The second-order valence-electron chi connectivity index (χ2n) is 38.9. The zero-order chi connectivity index (χ0) is 90.5. The van der Waals surface area contributed by atoms with Gasteiger partial charge in [0.05, 0.1) is 30.3 Å². The third-order valence-corrected chi connectivity index (χ3v) is 29.3. The number of ether oxygens (including phenoxy) is 9. The number of hydrogen-bond acceptors (Lipinski definition) is 20. The van der Waals surface area contributed by atoms with Crippen LogP contribution in [0.3, 0.4) is 0 Å². The molecule has 16 saturated carbocycles. The Hall–Kier alpha value is -9.26. The number of hydrogen-bond donors (Lipinski definition) is 6. The van der Waals surface area contributed by atoms with Gasteiger partial charge in [0, 0.05) is 41.8 Å². The SMILES string of the molecule is C=C(C)C(=O)OC(=O)C(C)C.C=C(C)C(=O)OC(c1ccc(O)cc1)c1ccc(OCOC2C3CC4CC(C3)CC2C4)cc1.ClCOC1C2CC3CC(C2)CC1C3.O=C(c1ccc(O)cc1)c1ccc(O)cc1.O=C(c1ccc(O)cc1)c1ccc(OCOC2C3CC4CC(C3)CC2C4)cc1.Oc1ccc(C(O)c2ccc(OCOC3C4CC5CC(C4)CC3C5)cc2)cc1.[B].[H-].[Na+]. The minimum absolute atomic E-state index is 0. The van der Waals surface area contributed by atoms with E-state index in [1.165, 1.54) is 172 Å². The van der Waals surface area contributed by atoms with Gasteiger partial charge in [-0.2, -0.15) is 0 Å². The number of ketones is 2. The van der Waals surface area contributed by atoms with Crippen LogP contribution in [0.15, 0.2) is 218 Å². The van der Waals surface area contributed by atoms with Crippen LogP contribution in [0.1, 0.15) is 224 Å². The van der Waals surface area contributed by atoms with Gasteiger partial charge in [0.25, 0.3) is 0 Å². The Bertz CT molecular complexity index is 4940. The Balaban J connectivity index is 0.000000148. The van der Waals surface area contributed by atoms with E-state index in [9.17, 15) is 44.4 Å². The third kappa shape index (κ3) is 26.0. The van der Waals surface area contributed by atoms with Gasteiger partial charge >= 0.3 is 47.5 Å². The molecule has 0 amide bonds. The Labute approximate surface area is 800 Å². The van der Waals surface area contributed by atoms with Crippen LogP contribution in [0.2, 0.25) is 0 Å². The molecule has 16 aliphatic rings. The Kier molecular flexibility index (Phi) is 34.9. The van der Waals surface area contributed by atoms with Crippen molar-refractivity contribution in [3.05, 3.63) is 263 Å². The summed E-state index contributed by atoms with van der Waals surface area (Å²) in [7, 11) is 0. The van der Waals surface area contributed by atoms with Crippen LogP contribution in [-0.2, 0) is 42.8 Å². The number of carbonyl (C=O) groups is 5. The summed E-state index contributed by atoms with van der Waals surface area (Å²) in [5.74, 6) is 14.6. The normalized spacial score (nSPS) is 27.7. The third-order valence-electron chi connectivity index (χ3n) is 29.1. The molecule has 20 nitrogen and oxygen atoms in total. The number of carbonyl (C=O) groups excluding carboxylic acids is 5. The topological polar surface area (TPSA) is 290 Å². The van der Waals surface area contributed by atoms with E-state index in [-0.39, 0.29) is 105 Å². The molecule has 8 aromatic rings. The first-order valence-corrected chi connectivity index (χ1v) is 47.0. The Morgan fingerprint density at radius 3 is 0.817 bits per heavy atom. The van der Waals surface area contributed by atoms with Crippen molar-refractivity contribution < 1.29 is 128 Å². The van der Waals surface area contributed by atoms with Gasteiger partial charge in [0.1, 0.15) is 58.2 Å². The van der Waals surface area contributed by atoms with Crippen LogP contribution in [0.5, 0.6) is 46.0 Å². The van der Waals surface area contributed by atoms with Crippen molar-refractivity contribution in [3.63, 3.8) is 0 Å². The van der Waals surface area contributed by atoms with Crippen LogP contribution in [0.25, 0.3) is 0 Å². The van der Waals surface area contributed by atoms with E-state index >= 15 is 0 Å².